The van der Waals surface area contributed by atoms with E-state index in [4.69, 9.17) is 4.74 Å². The smallest absolute Gasteiger partial charge is 0.119 e. The first-order chi connectivity index (χ1) is 6.21. The Balaban J connectivity index is 0.000000132. The van der Waals surface area contributed by atoms with E-state index in [2.05, 4.69) is 29.5 Å². The normalized spacial score (nSPS) is 22.6. The van der Waals surface area contributed by atoms with E-state index in [1.165, 1.54) is 0 Å². The molecule has 0 aromatic heterocycles. The molecule has 0 aromatic carbocycles. The van der Waals surface area contributed by atoms with Gasteiger partial charge in [0.15, 0.2) is 0 Å². The zero-order valence-electron chi connectivity index (χ0n) is 8.04. The standard InChI is InChI=1S/C5H11NO.C4H5NO/c1-5(2)3-7-4-6-5;1-2-4-6-5-3-1/h6H,3-4H2,1-2H3;1-5H. The average molecular weight is 184 g/mol. The molecular formula is C9H16N2O2. The van der Waals surface area contributed by atoms with Gasteiger partial charge in [0.05, 0.1) is 13.3 Å². The Morgan fingerprint density at radius 1 is 1.31 bits per heavy atom. The van der Waals surface area contributed by atoms with Crippen LogP contribution in [0, 0.1) is 0 Å². The molecule has 0 aliphatic carbocycles. The summed E-state index contributed by atoms with van der Waals surface area (Å²) < 4.78 is 5.05. The van der Waals surface area contributed by atoms with Gasteiger partial charge in [-0.2, -0.15) is 0 Å². The molecule has 0 atom stereocenters. The molecule has 0 amide bonds. The summed E-state index contributed by atoms with van der Waals surface area (Å²) in [7, 11) is 0. The first kappa shape index (κ1) is 10.1. The lowest BCUT2D eigenvalue weighted by Crippen LogP contribution is -2.34. The van der Waals surface area contributed by atoms with Crippen LogP contribution in [0.1, 0.15) is 13.8 Å². The molecule has 1 fully saturated rings. The van der Waals surface area contributed by atoms with E-state index in [1.807, 2.05) is 6.08 Å². The van der Waals surface area contributed by atoms with Crippen LogP contribution in [-0.4, -0.2) is 18.9 Å². The predicted molar refractivity (Wildman–Crippen MR) is 50.5 cm³/mol. The van der Waals surface area contributed by atoms with Gasteiger partial charge in [0.2, 0.25) is 0 Å². The molecule has 4 heteroatoms. The third kappa shape index (κ3) is 4.55. The molecule has 0 bridgehead atoms. The molecule has 0 saturated carbocycles. The average Bonchev–Trinajstić information content (AvgIpc) is 2.54. The highest BCUT2D eigenvalue weighted by molar-refractivity contribution is 5.00. The molecule has 2 aliphatic rings. The third-order valence-corrected chi connectivity index (χ3v) is 1.61. The number of rotatable bonds is 0. The van der Waals surface area contributed by atoms with Crippen molar-refractivity contribution < 1.29 is 9.57 Å². The van der Waals surface area contributed by atoms with Crippen LogP contribution >= 0.6 is 0 Å². The fourth-order valence-corrected chi connectivity index (χ4v) is 0.862. The quantitative estimate of drug-likeness (QED) is 0.586. The van der Waals surface area contributed by atoms with Gasteiger partial charge >= 0.3 is 0 Å². The van der Waals surface area contributed by atoms with E-state index in [-0.39, 0.29) is 5.54 Å². The lowest BCUT2D eigenvalue weighted by atomic mass is 10.1. The molecule has 2 heterocycles. The molecule has 2 aliphatic heterocycles. The molecule has 2 rings (SSSR count). The molecule has 0 radical (unpaired) electrons. The summed E-state index contributed by atoms with van der Waals surface area (Å²) in [5.74, 6) is 0. The number of allylic oxidation sites excluding steroid dienone is 2. The Morgan fingerprint density at radius 3 is 2.31 bits per heavy atom. The monoisotopic (exact) mass is 184 g/mol. The maximum Gasteiger partial charge on any atom is 0.119 e. The SMILES string of the molecule is C1=CNOC=C1.CC1(C)COCN1. The predicted octanol–water partition coefficient (Wildman–Crippen LogP) is 0.891. The van der Waals surface area contributed by atoms with Crippen LogP contribution in [0.15, 0.2) is 24.6 Å². The largest absolute Gasteiger partial charge is 0.391 e. The zero-order chi connectivity index (χ0) is 9.57. The van der Waals surface area contributed by atoms with Gasteiger partial charge in [-0.15, -0.1) is 0 Å². The summed E-state index contributed by atoms with van der Waals surface area (Å²) in [6, 6.07) is 0. The van der Waals surface area contributed by atoms with Gasteiger partial charge in [0.1, 0.15) is 6.26 Å². The van der Waals surface area contributed by atoms with Crippen LogP contribution < -0.4 is 10.8 Å². The van der Waals surface area contributed by atoms with Crippen LogP contribution in [0.2, 0.25) is 0 Å². The Bertz CT molecular complexity index is 180. The summed E-state index contributed by atoms with van der Waals surface area (Å²) in [5.41, 5.74) is 2.74. The molecule has 2 N–H and O–H groups in total. The second-order valence-corrected chi connectivity index (χ2v) is 3.48. The third-order valence-electron chi connectivity index (χ3n) is 1.61. The van der Waals surface area contributed by atoms with Crippen molar-refractivity contribution in [3.8, 4) is 0 Å². The van der Waals surface area contributed by atoms with Gasteiger partial charge in [0.25, 0.3) is 0 Å². The summed E-state index contributed by atoms with van der Waals surface area (Å²) in [5, 5.41) is 3.17. The highest BCUT2D eigenvalue weighted by atomic mass is 16.6. The second-order valence-electron chi connectivity index (χ2n) is 3.48. The second kappa shape index (κ2) is 4.89. The molecule has 1 saturated heterocycles. The molecule has 13 heavy (non-hydrogen) atoms. The minimum absolute atomic E-state index is 0.222. The number of hydrogen-bond donors (Lipinski definition) is 2. The molecule has 0 spiro atoms. The lowest BCUT2D eigenvalue weighted by molar-refractivity contribution is 0.172. The first-order valence-electron chi connectivity index (χ1n) is 4.26. The van der Waals surface area contributed by atoms with Crippen LogP contribution in [0.25, 0.3) is 0 Å². The van der Waals surface area contributed by atoms with Crippen molar-refractivity contribution in [2.75, 3.05) is 13.3 Å². The maximum absolute atomic E-state index is 5.05. The van der Waals surface area contributed by atoms with Crippen molar-refractivity contribution in [1.82, 2.24) is 10.8 Å². The molecule has 74 valence electrons. The van der Waals surface area contributed by atoms with E-state index >= 15 is 0 Å². The first-order valence-corrected chi connectivity index (χ1v) is 4.26. The van der Waals surface area contributed by atoms with Gasteiger partial charge < -0.3 is 9.57 Å². The highest BCUT2D eigenvalue weighted by Gasteiger charge is 2.21. The minimum Gasteiger partial charge on any atom is -0.391 e. The lowest BCUT2D eigenvalue weighted by Gasteiger charge is -2.12. The molecule has 4 nitrogen and oxygen atoms in total. The van der Waals surface area contributed by atoms with Crippen molar-refractivity contribution in [3.05, 3.63) is 24.6 Å². The topological polar surface area (TPSA) is 42.5 Å². The molecule has 0 unspecified atom stereocenters. The number of hydrogen-bond acceptors (Lipinski definition) is 4. The van der Waals surface area contributed by atoms with Crippen molar-refractivity contribution in [2.45, 2.75) is 19.4 Å². The van der Waals surface area contributed by atoms with E-state index in [0.717, 1.165) is 6.61 Å². The van der Waals surface area contributed by atoms with Gasteiger partial charge in [-0.1, -0.05) is 0 Å². The number of ether oxygens (including phenoxy) is 1. The van der Waals surface area contributed by atoms with Crippen molar-refractivity contribution >= 4 is 0 Å². The summed E-state index contributed by atoms with van der Waals surface area (Å²) in [6.45, 7) is 5.81. The molecule has 0 aromatic rings. The zero-order valence-corrected chi connectivity index (χ0v) is 8.04. The van der Waals surface area contributed by atoms with E-state index in [9.17, 15) is 0 Å². The van der Waals surface area contributed by atoms with Gasteiger partial charge in [-0.3, -0.25) is 5.32 Å². The summed E-state index contributed by atoms with van der Waals surface area (Å²) in [4.78, 5) is 4.55. The van der Waals surface area contributed by atoms with E-state index in [1.54, 1.807) is 18.5 Å². The van der Waals surface area contributed by atoms with E-state index in [0.29, 0.717) is 6.73 Å². The van der Waals surface area contributed by atoms with Crippen molar-refractivity contribution in [1.29, 1.82) is 0 Å². The minimum atomic E-state index is 0.222. The Labute approximate surface area is 78.6 Å². The number of nitrogens with one attached hydrogen (secondary N) is 2. The van der Waals surface area contributed by atoms with Crippen LogP contribution in [-0.2, 0) is 9.57 Å². The van der Waals surface area contributed by atoms with E-state index < -0.39 is 0 Å². The summed E-state index contributed by atoms with van der Waals surface area (Å²) in [6.07, 6.45) is 6.93. The van der Waals surface area contributed by atoms with Crippen LogP contribution in [0.5, 0.6) is 0 Å². The Hall–Kier alpha value is -1.00. The van der Waals surface area contributed by atoms with Crippen molar-refractivity contribution in [2.24, 2.45) is 0 Å². The van der Waals surface area contributed by atoms with Crippen LogP contribution in [0.4, 0.5) is 0 Å². The Morgan fingerprint density at radius 2 is 2.15 bits per heavy atom. The van der Waals surface area contributed by atoms with Gasteiger partial charge in [-0.05, 0) is 26.0 Å². The molecular weight excluding hydrogens is 168 g/mol. The fraction of sp³-hybridized carbons (Fsp3) is 0.556. The fourth-order valence-electron chi connectivity index (χ4n) is 0.862. The van der Waals surface area contributed by atoms with Crippen LogP contribution in [0.3, 0.4) is 0 Å². The summed E-state index contributed by atoms with van der Waals surface area (Å²) >= 11 is 0. The van der Waals surface area contributed by atoms with Gasteiger partial charge in [-0.25, -0.2) is 5.48 Å². The highest BCUT2D eigenvalue weighted by Crippen LogP contribution is 2.06. The van der Waals surface area contributed by atoms with Crippen molar-refractivity contribution in [3.63, 3.8) is 0 Å². The maximum atomic E-state index is 5.05. The van der Waals surface area contributed by atoms with Gasteiger partial charge in [0, 0.05) is 11.7 Å². The Kier molecular flexibility index (Phi) is 3.79. The number of hydroxylamine groups is 1.